The van der Waals surface area contributed by atoms with E-state index in [0.29, 0.717) is 18.4 Å². The van der Waals surface area contributed by atoms with Crippen LogP contribution in [0.15, 0.2) is 48.9 Å². The first-order chi connectivity index (χ1) is 19.1. The number of rotatable bonds is 8. The molecule has 2 fully saturated rings. The van der Waals surface area contributed by atoms with Gasteiger partial charge in [0.05, 0.1) is 25.3 Å². The minimum absolute atomic E-state index is 0.117. The summed E-state index contributed by atoms with van der Waals surface area (Å²) >= 11 is -2.16. The molecule has 1 N–H and O–H groups in total. The maximum Gasteiger partial charge on any atom is 0.159 e. The highest BCUT2D eigenvalue weighted by molar-refractivity contribution is 7.79. The third-order valence-corrected chi connectivity index (χ3v) is 9.53. The van der Waals surface area contributed by atoms with Crippen LogP contribution in [0.2, 0.25) is 0 Å². The Labute approximate surface area is 230 Å². The summed E-state index contributed by atoms with van der Waals surface area (Å²) in [6, 6.07) is 9.60. The molecule has 39 heavy (non-hydrogen) atoms. The fraction of sp³-hybridized carbons (Fsp3) is 0.483. The van der Waals surface area contributed by atoms with E-state index in [1.807, 2.05) is 42.7 Å². The molecule has 1 aliphatic heterocycles. The lowest BCUT2D eigenvalue weighted by molar-refractivity contribution is 0.0874. The molecule has 3 aromatic heterocycles. The third-order valence-electron chi connectivity index (χ3n) is 8.46. The summed E-state index contributed by atoms with van der Waals surface area (Å²) in [5.41, 5.74) is 1.86. The van der Waals surface area contributed by atoms with Gasteiger partial charge in [-0.2, -0.15) is 5.10 Å². The van der Waals surface area contributed by atoms with Gasteiger partial charge in [0.25, 0.3) is 0 Å². The van der Waals surface area contributed by atoms with Gasteiger partial charge in [0.15, 0.2) is 5.65 Å². The molecular formula is C29H34N5O4S-. The van der Waals surface area contributed by atoms with Gasteiger partial charge < -0.3 is 14.0 Å². The maximum atomic E-state index is 12.6. The molecule has 9 nitrogen and oxygen atoms in total. The minimum Gasteiger partial charge on any atom is -0.771 e. The summed E-state index contributed by atoms with van der Waals surface area (Å²) in [7, 11) is 1.64. The largest absolute Gasteiger partial charge is 0.771 e. The van der Waals surface area contributed by atoms with Crippen LogP contribution in [0.4, 0.5) is 0 Å². The molecule has 2 aliphatic rings. The molecule has 6 rings (SSSR count). The number of fused-ring (bicyclic) bond motifs is 3. The normalized spacial score (nSPS) is 24.0. The molecule has 3 atom stereocenters. The molecule has 4 aromatic rings. The molecule has 206 valence electrons. The van der Waals surface area contributed by atoms with Crippen LogP contribution in [0.5, 0.6) is 11.5 Å². The van der Waals surface area contributed by atoms with Gasteiger partial charge in [-0.25, -0.2) is 9.97 Å². The molecule has 10 heteroatoms. The van der Waals surface area contributed by atoms with Gasteiger partial charge >= 0.3 is 0 Å². The Balaban J connectivity index is 1.11. The SMILES string of the molecule is COc1ccc(OCC2CCCN(C(C3CCC(c4[nH]ncc5cnc6nccc6c45)CC3)S(=O)[O-])C2)cc1. The van der Waals surface area contributed by atoms with E-state index in [0.717, 1.165) is 90.6 Å². The van der Waals surface area contributed by atoms with E-state index in [1.54, 1.807) is 13.3 Å². The number of methoxy groups -OCH3 is 1. The van der Waals surface area contributed by atoms with E-state index in [9.17, 15) is 8.76 Å². The molecule has 0 bridgehead atoms. The van der Waals surface area contributed by atoms with Gasteiger partial charge in [-0.3, -0.25) is 14.2 Å². The molecule has 1 aliphatic carbocycles. The first-order valence-corrected chi connectivity index (χ1v) is 14.9. The topological polar surface area (TPSA) is 116 Å². The summed E-state index contributed by atoms with van der Waals surface area (Å²) in [4.78, 5) is 11.0. The summed E-state index contributed by atoms with van der Waals surface area (Å²) in [5, 5.41) is 10.4. The highest BCUT2D eigenvalue weighted by Gasteiger charge is 2.35. The van der Waals surface area contributed by atoms with Crippen molar-refractivity contribution in [1.29, 1.82) is 0 Å². The Morgan fingerprint density at radius 1 is 1.08 bits per heavy atom. The van der Waals surface area contributed by atoms with Gasteiger partial charge in [-0.15, -0.1) is 0 Å². The van der Waals surface area contributed by atoms with Crippen LogP contribution in [0.25, 0.3) is 21.8 Å². The molecule has 1 saturated carbocycles. The highest BCUT2D eigenvalue weighted by atomic mass is 32.2. The minimum atomic E-state index is -2.16. The van der Waals surface area contributed by atoms with Crippen molar-refractivity contribution < 1.29 is 18.2 Å². The number of piperidine rings is 1. The summed E-state index contributed by atoms with van der Waals surface area (Å²) in [6.45, 7) is 2.13. The Morgan fingerprint density at radius 2 is 1.87 bits per heavy atom. The molecule has 0 radical (unpaired) electrons. The third kappa shape index (κ3) is 5.50. The molecule has 0 spiro atoms. The Hall–Kier alpha value is -3.08. The predicted octanol–water partition coefficient (Wildman–Crippen LogP) is 4.78. The average molecular weight is 549 g/mol. The Bertz CT molecular complexity index is 1440. The molecule has 0 amide bonds. The predicted molar refractivity (Wildman–Crippen MR) is 149 cm³/mol. The van der Waals surface area contributed by atoms with Crippen LogP contribution < -0.4 is 9.47 Å². The second-order valence-electron chi connectivity index (χ2n) is 10.8. The van der Waals surface area contributed by atoms with Crippen molar-refractivity contribution in [3.63, 3.8) is 0 Å². The van der Waals surface area contributed by atoms with E-state index in [-0.39, 0.29) is 5.92 Å². The number of pyridine rings is 1. The molecule has 1 saturated heterocycles. The van der Waals surface area contributed by atoms with Crippen LogP contribution in [0, 0.1) is 11.8 Å². The van der Waals surface area contributed by atoms with Crippen LogP contribution in [-0.2, 0) is 11.1 Å². The van der Waals surface area contributed by atoms with Crippen LogP contribution >= 0.6 is 0 Å². The number of hydrogen-bond acceptors (Lipinski definition) is 8. The second kappa shape index (κ2) is 11.6. The highest BCUT2D eigenvalue weighted by Crippen LogP contribution is 2.41. The van der Waals surface area contributed by atoms with Crippen molar-refractivity contribution in [3.8, 4) is 11.5 Å². The standard InChI is InChI=1S/C29H35N5O4S/c1-37-23-8-10-24(11-9-23)38-18-19-3-2-14-34(17-19)29(39(35)36)21-6-4-20(5-7-21)27-26-22(16-32-33-27)15-31-28-25(26)12-13-30-28/h8-13,15-16,19-21,29,33H,2-7,14,17-18H2,1H3,(H,35,36)/p-1. The van der Waals surface area contributed by atoms with E-state index in [4.69, 9.17) is 9.47 Å². The van der Waals surface area contributed by atoms with Crippen molar-refractivity contribution in [1.82, 2.24) is 25.1 Å². The number of aromatic nitrogens is 4. The van der Waals surface area contributed by atoms with Crippen molar-refractivity contribution in [2.75, 3.05) is 26.8 Å². The summed E-state index contributed by atoms with van der Waals surface area (Å²) in [5.74, 6) is 2.32. The van der Waals surface area contributed by atoms with E-state index < -0.39 is 16.5 Å². The number of ether oxygens (including phenoxy) is 2. The smallest absolute Gasteiger partial charge is 0.159 e. The summed E-state index contributed by atoms with van der Waals surface area (Å²) in [6.07, 6.45) is 11.0. The number of hydrogen-bond donors (Lipinski definition) is 1. The Morgan fingerprint density at radius 3 is 2.64 bits per heavy atom. The molecule has 3 unspecified atom stereocenters. The monoisotopic (exact) mass is 548 g/mol. The first-order valence-electron chi connectivity index (χ1n) is 13.8. The van der Waals surface area contributed by atoms with E-state index >= 15 is 0 Å². The molecule has 4 heterocycles. The zero-order valence-electron chi connectivity index (χ0n) is 22.1. The van der Waals surface area contributed by atoms with Crippen molar-refractivity contribution in [2.24, 2.45) is 11.8 Å². The molecular weight excluding hydrogens is 514 g/mol. The number of H-pyrrole nitrogens is 1. The quantitative estimate of drug-likeness (QED) is 0.313. The zero-order valence-corrected chi connectivity index (χ0v) is 22.9. The number of nitrogens with zero attached hydrogens (tertiary/aromatic N) is 4. The average Bonchev–Trinajstić information content (AvgIpc) is 3.46. The molecule has 1 aromatic carbocycles. The van der Waals surface area contributed by atoms with Gasteiger partial charge in [0.1, 0.15) is 11.5 Å². The number of likely N-dealkylation sites (tertiary alicyclic amines) is 1. The van der Waals surface area contributed by atoms with Gasteiger partial charge in [-0.1, -0.05) is 0 Å². The lowest BCUT2D eigenvalue weighted by atomic mass is 9.78. The first kappa shape index (κ1) is 26.2. The van der Waals surface area contributed by atoms with Crippen LogP contribution in [0.1, 0.15) is 50.1 Å². The van der Waals surface area contributed by atoms with E-state index in [2.05, 4.69) is 25.1 Å². The van der Waals surface area contributed by atoms with Crippen LogP contribution in [0.3, 0.4) is 0 Å². The zero-order chi connectivity index (χ0) is 26.8. The van der Waals surface area contributed by atoms with E-state index in [1.165, 1.54) is 0 Å². The van der Waals surface area contributed by atoms with Gasteiger partial charge in [-0.05, 0) is 92.4 Å². The fourth-order valence-electron chi connectivity index (χ4n) is 6.52. The Kier molecular flexibility index (Phi) is 7.76. The maximum absolute atomic E-state index is 12.6. The van der Waals surface area contributed by atoms with Gasteiger partial charge in [0, 0.05) is 52.6 Å². The number of nitrogens with one attached hydrogen (secondary N) is 1. The second-order valence-corrected chi connectivity index (χ2v) is 11.8. The fourth-order valence-corrected chi connectivity index (χ4v) is 7.54. The van der Waals surface area contributed by atoms with Crippen molar-refractivity contribution in [2.45, 2.75) is 49.8 Å². The van der Waals surface area contributed by atoms with Crippen LogP contribution in [-0.4, -0.2) is 66.0 Å². The number of aromatic amines is 1. The van der Waals surface area contributed by atoms with Gasteiger partial charge in [0.2, 0.25) is 0 Å². The lowest BCUT2D eigenvalue weighted by Gasteiger charge is -2.44. The summed E-state index contributed by atoms with van der Waals surface area (Å²) < 4.78 is 36.4. The number of benzene rings is 1. The van der Waals surface area contributed by atoms with Crippen molar-refractivity contribution >= 4 is 32.9 Å². The lowest BCUT2D eigenvalue weighted by Crippen LogP contribution is -2.50. The van der Waals surface area contributed by atoms with Crippen molar-refractivity contribution in [3.05, 3.63) is 54.6 Å².